The molecule has 0 aliphatic rings. The predicted octanol–water partition coefficient (Wildman–Crippen LogP) is 2.49. The van der Waals surface area contributed by atoms with Gasteiger partial charge in [0.1, 0.15) is 0 Å². The summed E-state index contributed by atoms with van der Waals surface area (Å²) in [5.74, 6) is 0. The lowest BCUT2D eigenvalue weighted by Crippen LogP contribution is -2.12. The highest BCUT2D eigenvalue weighted by Crippen LogP contribution is 2.16. The van der Waals surface area contributed by atoms with Gasteiger partial charge in [0.2, 0.25) is 0 Å². The van der Waals surface area contributed by atoms with Crippen LogP contribution in [0.5, 0.6) is 0 Å². The minimum Gasteiger partial charge on any atom is -0.280 e. The Morgan fingerprint density at radius 3 is 2.18 bits per heavy atom. The highest BCUT2D eigenvalue weighted by atomic mass is 127. The molecule has 0 aliphatic carbocycles. The molecule has 0 spiro atoms. The standard InChI is InChI=1S/C11H9IN2O2S/c12-9-1-3-11(4-2-9)17(15,16)14-10-5-7-13-8-6-10/h1-8H,(H,13,14). The number of hydrogen-bond acceptors (Lipinski definition) is 3. The Kier molecular flexibility index (Phi) is 3.63. The summed E-state index contributed by atoms with van der Waals surface area (Å²) in [7, 11) is -3.51. The van der Waals surface area contributed by atoms with Gasteiger partial charge >= 0.3 is 0 Å². The third kappa shape index (κ3) is 3.16. The van der Waals surface area contributed by atoms with Crippen molar-refractivity contribution < 1.29 is 8.42 Å². The van der Waals surface area contributed by atoms with Crippen LogP contribution in [0.1, 0.15) is 0 Å². The fraction of sp³-hybridized carbons (Fsp3) is 0. The second-order valence-electron chi connectivity index (χ2n) is 3.30. The molecule has 0 aliphatic heterocycles. The first-order valence-corrected chi connectivity index (χ1v) is 7.32. The Balaban J connectivity index is 2.29. The van der Waals surface area contributed by atoms with Crippen molar-refractivity contribution in [2.75, 3.05) is 4.72 Å². The summed E-state index contributed by atoms with van der Waals surface area (Å²) in [6.45, 7) is 0. The van der Waals surface area contributed by atoms with E-state index >= 15 is 0 Å². The predicted molar refractivity (Wildman–Crippen MR) is 74.2 cm³/mol. The molecule has 6 heteroatoms. The first kappa shape index (κ1) is 12.3. The third-order valence-electron chi connectivity index (χ3n) is 2.06. The van der Waals surface area contributed by atoms with Crippen LogP contribution in [0.4, 0.5) is 5.69 Å². The summed E-state index contributed by atoms with van der Waals surface area (Å²) in [5, 5.41) is 0. The Morgan fingerprint density at radius 1 is 1.00 bits per heavy atom. The Labute approximate surface area is 113 Å². The average molecular weight is 360 g/mol. The van der Waals surface area contributed by atoms with Gasteiger partial charge in [0, 0.05) is 16.0 Å². The number of aromatic nitrogens is 1. The van der Waals surface area contributed by atoms with Gasteiger partial charge in [-0.25, -0.2) is 8.42 Å². The first-order valence-electron chi connectivity index (χ1n) is 4.76. The first-order chi connectivity index (χ1) is 8.08. The van der Waals surface area contributed by atoms with E-state index in [0.717, 1.165) is 3.57 Å². The second kappa shape index (κ2) is 5.01. The molecule has 2 rings (SSSR count). The molecule has 1 aromatic carbocycles. The zero-order valence-corrected chi connectivity index (χ0v) is 11.6. The molecule has 1 heterocycles. The average Bonchev–Trinajstić information content (AvgIpc) is 2.30. The van der Waals surface area contributed by atoms with E-state index < -0.39 is 10.0 Å². The molecule has 0 radical (unpaired) electrons. The SMILES string of the molecule is O=S(=O)(Nc1ccncc1)c1ccc(I)cc1. The van der Waals surface area contributed by atoms with E-state index in [4.69, 9.17) is 0 Å². The lowest BCUT2D eigenvalue weighted by atomic mass is 10.4. The van der Waals surface area contributed by atoms with Crippen molar-refractivity contribution in [3.8, 4) is 0 Å². The maximum absolute atomic E-state index is 12.0. The molecule has 0 atom stereocenters. The van der Waals surface area contributed by atoms with E-state index in [0.29, 0.717) is 5.69 Å². The fourth-order valence-electron chi connectivity index (χ4n) is 1.25. The van der Waals surface area contributed by atoms with Crippen LogP contribution in [0.15, 0.2) is 53.7 Å². The van der Waals surface area contributed by atoms with E-state index in [1.54, 1.807) is 36.4 Å². The minimum absolute atomic E-state index is 0.245. The van der Waals surface area contributed by atoms with Crippen molar-refractivity contribution in [3.05, 3.63) is 52.4 Å². The van der Waals surface area contributed by atoms with Crippen LogP contribution in [0.2, 0.25) is 0 Å². The summed E-state index contributed by atoms with van der Waals surface area (Å²) in [5.41, 5.74) is 0.499. The zero-order chi connectivity index (χ0) is 12.3. The molecule has 1 aromatic heterocycles. The van der Waals surface area contributed by atoms with Crippen LogP contribution in [0, 0.1) is 3.57 Å². The van der Waals surface area contributed by atoms with Crippen LogP contribution < -0.4 is 4.72 Å². The van der Waals surface area contributed by atoms with Gasteiger partial charge in [-0.2, -0.15) is 0 Å². The smallest absolute Gasteiger partial charge is 0.261 e. The minimum atomic E-state index is -3.51. The summed E-state index contributed by atoms with van der Waals surface area (Å²) < 4.78 is 27.4. The third-order valence-corrected chi connectivity index (χ3v) is 4.17. The molecular weight excluding hydrogens is 351 g/mol. The van der Waals surface area contributed by atoms with Gasteiger partial charge in [-0.1, -0.05) is 0 Å². The molecule has 88 valence electrons. The molecule has 0 unspecified atom stereocenters. The molecule has 1 N–H and O–H groups in total. The van der Waals surface area contributed by atoms with E-state index in [1.165, 1.54) is 12.4 Å². The second-order valence-corrected chi connectivity index (χ2v) is 6.22. The number of benzene rings is 1. The van der Waals surface area contributed by atoms with Crippen LogP contribution in [-0.2, 0) is 10.0 Å². The van der Waals surface area contributed by atoms with Gasteiger partial charge in [0.25, 0.3) is 10.0 Å². The van der Waals surface area contributed by atoms with Gasteiger partial charge in [0.15, 0.2) is 0 Å². The quantitative estimate of drug-likeness (QED) is 0.856. The van der Waals surface area contributed by atoms with Crippen molar-refractivity contribution in [1.82, 2.24) is 4.98 Å². The maximum atomic E-state index is 12.0. The van der Waals surface area contributed by atoms with E-state index in [-0.39, 0.29) is 4.90 Å². The number of anilines is 1. The van der Waals surface area contributed by atoms with Crippen molar-refractivity contribution in [3.63, 3.8) is 0 Å². The summed E-state index contributed by atoms with van der Waals surface area (Å²) in [6.07, 6.45) is 3.07. The van der Waals surface area contributed by atoms with Crippen LogP contribution in [0.25, 0.3) is 0 Å². The number of sulfonamides is 1. The molecule has 0 saturated heterocycles. The number of pyridine rings is 1. The molecule has 2 aromatic rings. The summed E-state index contributed by atoms with van der Waals surface area (Å²) >= 11 is 2.12. The highest BCUT2D eigenvalue weighted by Gasteiger charge is 2.13. The van der Waals surface area contributed by atoms with E-state index in [9.17, 15) is 8.42 Å². The molecule has 0 fully saturated rings. The summed E-state index contributed by atoms with van der Waals surface area (Å²) in [4.78, 5) is 4.07. The fourth-order valence-corrected chi connectivity index (χ4v) is 2.67. The van der Waals surface area contributed by atoms with E-state index in [1.807, 2.05) is 0 Å². The van der Waals surface area contributed by atoms with Crippen molar-refractivity contribution in [1.29, 1.82) is 0 Å². The lowest BCUT2D eigenvalue weighted by molar-refractivity contribution is 0.601. The zero-order valence-electron chi connectivity index (χ0n) is 8.67. The largest absolute Gasteiger partial charge is 0.280 e. The molecule has 17 heavy (non-hydrogen) atoms. The van der Waals surface area contributed by atoms with Crippen LogP contribution in [-0.4, -0.2) is 13.4 Å². The molecule has 0 saturated carbocycles. The molecular formula is C11H9IN2O2S. The molecule has 0 amide bonds. The van der Waals surface area contributed by atoms with Crippen LogP contribution in [0.3, 0.4) is 0 Å². The molecule has 0 bridgehead atoms. The topological polar surface area (TPSA) is 59.1 Å². The number of hydrogen-bond donors (Lipinski definition) is 1. The summed E-state index contributed by atoms with van der Waals surface area (Å²) in [6, 6.07) is 9.86. The van der Waals surface area contributed by atoms with Gasteiger partial charge in [-0.3, -0.25) is 9.71 Å². The molecule has 4 nitrogen and oxygen atoms in total. The van der Waals surface area contributed by atoms with Gasteiger partial charge < -0.3 is 0 Å². The van der Waals surface area contributed by atoms with Gasteiger partial charge in [0.05, 0.1) is 10.6 Å². The normalized spacial score (nSPS) is 11.1. The van der Waals surface area contributed by atoms with Gasteiger partial charge in [-0.15, -0.1) is 0 Å². The number of rotatable bonds is 3. The highest BCUT2D eigenvalue weighted by molar-refractivity contribution is 14.1. The van der Waals surface area contributed by atoms with Crippen LogP contribution >= 0.6 is 22.6 Å². The Morgan fingerprint density at radius 2 is 1.59 bits per heavy atom. The number of nitrogens with zero attached hydrogens (tertiary/aromatic N) is 1. The number of halogens is 1. The monoisotopic (exact) mass is 360 g/mol. The number of nitrogens with one attached hydrogen (secondary N) is 1. The van der Waals surface area contributed by atoms with Gasteiger partial charge in [-0.05, 0) is 59.0 Å². The maximum Gasteiger partial charge on any atom is 0.261 e. The van der Waals surface area contributed by atoms with Crippen molar-refractivity contribution in [2.45, 2.75) is 4.90 Å². The Bertz CT molecular complexity index is 597. The van der Waals surface area contributed by atoms with Crippen molar-refractivity contribution in [2.24, 2.45) is 0 Å². The van der Waals surface area contributed by atoms with Crippen molar-refractivity contribution >= 4 is 38.3 Å². The van der Waals surface area contributed by atoms with E-state index in [2.05, 4.69) is 32.3 Å². The lowest BCUT2D eigenvalue weighted by Gasteiger charge is -2.07. The Hall–Kier alpha value is -1.15.